The highest BCUT2D eigenvalue weighted by atomic mass is 16.6. The van der Waals surface area contributed by atoms with Gasteiger partial charge in [0.05, 0.1) is 17.1 Å². The van der Waals surface area contributed by atoms with Gasteiger partial charge >= 0.3 is 17.8 Å². The van der Waals surface area contributed by atoms with Gasteiger partial charge in [0, 0.05) is 18.4 Å². The number of nitrogens with zero attached hydrogens (tertiary/aromatic N) is 3. The number of benzene rings is 2. The molecule has 10 heteroatoms. The predicted octanol–water partition coefficient (Wildman–Crippen LogP) is 4.05. The standard InChI is InChI=1S/C27H26N4O6/c1-17-21(26(32)36-14-19-10-6-4-7-11-19)23(24-25(31(34)35)28-16-30(24)3)22(18(2)29-17)27(33)37-15-20-12-8-5-9-13-20/h4-13,16,23,29H,14-15H2,1-3H3. The van der Waals surface area contributed by atoms with E-state index in [2.05, 4.69) is 10.3 Å². The summed E-state index contributed by atoms with van der Waals surface area (Å²) in [6, 6.07) is 18.2. The summed E-state index contributed by atoms with van der Waals surface area (Å²) >= 11 is 0. The molecular formula is C27H26N4O6. The van der Waals surface area contributed by atoms with Gasteiger partial charge in [-0.25, -0.2) is 9.59 Å². The van der Waals surface area contributed by atoms with Gasteiger partial charge in [-0.1, -0.05) is 60.7 Å². The third kappa shape index (κ3) is 5.43. The van der Waals surface area contributed by atoms with Crippen LogP contribution in [0.25, 0.3) is 0 Å². The molecule has 2 aromatic carbocycles. The molecule has 1 N–H and O–H groups in total. The number of nitro groups is 1. The number of hydrogen-bond donors (Lipinski definition) is 1. The van der Waals surface area contributed by atoms with Crippen molar-refractivity contribution in [2.75, 3.05) is 0 Å². The van der Waals surface area contributed by atoms with Crippen molar-refractivity contribution in [2.45, 2.75) is 33.0 Å². The smallest absolute Gasteiger partial charge is 0.385 e. The van der Waals surface area contributed by atoms with Crippen LogP contribution in [-0.2, 0) is 39.3 Å². The number of dihydropyridines is 1. The molecule has 1 aromatic heterocycles. The second kappa shape index (κ2) is 10.9. The van der Waals surface area contributed by atoms with E-state index in [0.29, 0.717) is 11.4 Å². The number of carbonyl (C=O) groups is 2. The zero-order valence-electron chi connectivity index (χ0n) is 20.6. The molecule has 10 nitrogen and oxygen atoms in total. The number of ether oxygens (including phenoxy) is 2. The molecule has 4 rings (SSSR count). The highest BCUT2D eigenvalue weighted by molar-refractivity contribution is 6.00. The fourth-order valence-corrected chi connectivity index (χ4v) is 4.31. The fraction of sp³-hybridized carbons (Fsp3) is 0.222. The lowest BCUT2D eigenvalue weighted by molar-refractivity contribution is -0.390. The van der Waals surface area contributed by atoms with Crippen molar-refractivity contribution in [1.29, 1.82) is 0 Å². The van der Waals surface area contributed by atoms with Crippen LogP contribution in [0.3, 0.4) is 0 Å². The minimum Gasteiger partial charge on any atom is -0.457 e. The lowest BCUT2D eigenvalue weighted by Gasteiger charge is -2.30. The van der Waals surface area contributed by atoms with Crippen LogP contribution in [0.5, 0.6) is 0 Å². The molecule has 0 unspecified atom stereocenters. The van der Waals surface area contributed by atoms with Gasteiger partial charge in [-0.3, -0.25) is 0 Å². The molecule has 0 amide bonds. The van der Waals surface area contributed by atoms with Crippen molar-refractivity contribution in [2.24, 2.45) is 7.05 Å². The highest BCUT2D eigenvalue weighted by Crippen LogP contribution is 2.42. The number of aromatic nitrogens is 2. The van der Waals surface area contributed by atoms with Crippen LogP contribution in [0, 0.1) is 10.1 Å². The van der Waals surface area contributed by atoms with Crippen molar-refractivity contribution in [3.63, 3.8) is 0 Å². The van der Waals surface area contributed by atoms with E-state index in [4.69, 9.17) is 9.47 Å². The van der Waals surface area contributed by atoms with Crippen molar-refractivity contribution in [3.8, 4) is 0 Å². The number of aryl methyl sites for hydroxylation is 1. The molecule has 0 aliphatic carbocycles. The minimum atomic E-state index is -1.14. The topological polar surface area (TPSA) is 126 Å². The Kier molecular flexibility index (Phi) is 7.47. The third-order valence-corrected chi connectivity index (χ3v) is 6.03. The highest BCUT2D eigenvalue weighted by Gasteiger charge is 2.43. The van der Waals surface area contributed by atoms with Crippen molar-refractivity contribution in [3.05, 3.63) is 116 Å². The summed E-state index contributed by atoms with van der Waals surface area (Å²) in [6.45, 7) is 3.30. The Bertz CT molecular complexity index is 1320. The van der Waals surface area contributed by atoms with Crippen LogP contribution in [-0.4, -0.2) is 26.4 Å². The van der Waals surface area contributed by atoms with Gasteiger partial charge < -0.3 is 29.5 Å². The van der Waals surface area contributed by atoms with Crippen molar-refractivity contribution >= 4 is 17.8 Å². The molecular weight excluding hydrogens is 476 g/mol. The van der Waals surface area contributed by atoms with Crippen LogP contribution in [0.2, 0.25) is 0 Å². The van der Waals surface area contributed by atoms with Gasteiger partial charge in [-0.15, -0.1) is 0 Å². The molecule has 1 aliphatic rings. The summed E-state index contributed by atoms with van der Waals surface area (Å²) in [6.07, 6.45) is 1.28. The molecule has 37 heavy (non-hydrogen) atoms. The maximum absolute atomic E-state index is 13.4. The van der Waals surface area contributed by atoms with E-state index >= 15 is 0 Å². The van der Waals surface area contributed by atoms with E-state index in [1.165, 1.54) is 10.9 Å². The van der Waals surface area contributed by atoms with Gasteiger partial charge in [0.15, 0.2) is 0 Å². The van der Waals surface area contributed by atoms with E-state index in [0.717, 1.165) is 11.1 Å². The zero-order valence-corrected chi connectivity index (χ0v) is 20.6. The Hall–Kier alpha value is -4.73. The summed E-state index contributed by atoms with van der Waals surface area (Å²) in [7, 11) is 1.57. The number of allylic oxidation sites excluding steroid dienone is 2. The van der Waals surface area contributed by atoms with Gasteiger partial charge in [-0.2, -0.15) is 0 Å². The third-order valence-electron chi connectivity index (χ3n) is 6.03. The van der Waals surface area contributed by atoms with Crippen LogP contribution in [0.1, 0.15) is 36.6 Å². The monoisotopic (exact) mass is 502 g/mol. The first-order valence-corrected chi connectivity index (χ1v) is 11.5. The Labute approximate surface area is 213 Å². The van der Waals surface area contributed by atoms with E-state index < -0.39 is 28.6 Å². The van der Waals surface area contributed by atoms with Crippen LogP contribution >= 0.6 is 0 Å². The summed E-state index contributed by atoms with van der Waals surface area (Å²) in [5.41, 5.74) is 2.58. The van der Waals surface area contributed by atoms with E-state index in [9.17, 15) is 19.7 Å². The summed E-state index contributed by atoms with van der Waals surface area (Å²) < 4.78 is 12.6. The molecule has 3 aromatic rings. The van der Waals surface area contributed by atoms with Gasteiger partial charge in [-0.05, 0) is 34.9 Å². The number of imidazole rings is 1. The van der Waals surface area contributed by atoms with E-state index in [-0.39, 0.29) is 30.1 Å². The van der Waals surface area contributed by atoms with Crippen molar-refractivity contribution in [1.82, 2.24) is 14.9 Å². The SMILES string of the molecule is CC1=C(C(=O)OCc2ccccc2)C(c2c([N+](=O)[O-])ncn2C)C(C(=O)OCc2ccccc2)=C(C)N1. The van der Waals surface area contributed by atoms with Crippen LogP contribution < -0.4 is 5.32 Å². The van der Waals surface area contributed by atoms with Crippen molar-refractivity contribution < 1.29 is 24.0 Å². The molecule has 0 spiro atoms. The Morgan fingerprint density at radius 2 is 1.38 bits per heavy atom. The molecule has 0 atom stereocenters. The number of hydrogen-bond acceptors (Lipinski definition) is 8. The molecule has 0 radical (unpaired) electrons. The number of rotatable bonds is 8. The quantitative estimate of drug-likeness (QED) is 0.278. The molecule has 0 fully saturated rings. The fourth-order valence-electron chi connectivity index (χ4n) is 4.31. The largest absolute Gasteiger partial charge is 0.457 e. The average Bonchev–Trinajstić information content (AvgIpc) is 3.28. The normalized spacial score (nSPS) is 13.8. The maximum atomic E-state index is 13.4. The predicted molar refractivity (Wildman–Crippen MR) is 134 cm³/mol. The molecule has 0 saturated carbocycles. The minimum absolute atomic E-state index is 0.00681. The second-order valence-corrected chi connectivity index (χ2v) is 8.58. The molecule has 0 saturated heterocycles. The van der Waals surface area contributed by atoms with Crippen LogP contribution in [0.4, 0.5) is 5.82 Å². The molecule has 190 valence electrons. The number of esters is 2. The maximum Gasteiger partial charge on any atom is 0.385 e. The molecule has 0 bridgehead atoms. The summed E-state index contributed by atoms with van der Waals surface area (Å²) in [4.78, 5) is 42.0. The molecule has 2 heterocycles. The van der Waals surface area contributed by atoms with Gasteiger partial charge in [0.1, 0.15) is 18.9 Å². The first kappa shape index (κ1) is 25.4. The zero-order chi connectivity index (χ0) is 26.5. The average molecular weight is 503 g/mol. The molecule has 1 aliphatic heterocycles. The van der Waals surface area contributed by atoms with Gasteiger partial charge in [0.25, 0.3) is 0 Å². The van der Waals surface area contributed by atoms with Gasteiger partial charge in [0.2, 0.25) is 6.33 Å². The first-order valence-electron chi connectivity index (χ1n) is 11.5. The number of nitrogens with one attached hydrogen (secondary N) is 1. The van der Waals surface area contributed by atoms with Crippen LogP contribution in [0.15, 0.2) is 89.5 Å². The summed E-state index contributed by atoms with van der Waals surface area (Å²) in [5, 5.41) is 14.9. The Morgan fingerprint density at radius 1 is 0.919 bits per heavy atom. The first-order chi connectivity index (χ1) is 17.8. The Balaban J connectivity index is 1.73. The lowest BCUT2D eigenvalue weighted by Crippen LogP contribution is -2.33. The van der Waals surface area contributed by atoms with E-state index in [1.54, 1.807) is 20.9 Å². The lowest BCUT2D eigenvalue weighted by atomic mass is 9.82. The Morgan fingerprint density at radius 3 is 1.81 bits per heavy atom. The summed E-state index contributed by atoms with van der Waals surface area (Å²) in [5.74, 6) is -3.03. The second-order valence-electron chi connectivity index (χ2n) is 8.58. The van der Waals surface area contributed by atoms with E-state index in [1.807, 2.05) is 60.7 Å². The number of carbonyl (C=O) groups excluding carboxylic acids is 2.